The molecule has 0 saturated carbocycles. The van der Waals surface area contributed by atoms with Crippen LogP contribution in [0.5, 0.6) is 0 Å². The van der Waals surface area contributed by atoms with Crippen molar-refractivity contribution in [2.45, 2.75) is 13.5 Å². The summed E-state index contributed by atoms with van der Waals surface area (Å²) in [6.07, 6.45) is 0. The first-order valence-corrected chi connectivity index (χ1v) is 8.81. The van der Waals surface area contributed by atoms with Gasteiger partial charge < -0.3 is 4.90 Å². The average molecular weight is 409 g/mol. The number of hydrogen-bond donors (Lipinski definition) is 0. The van der Waals surface area contributed by atoms with Crippen LogP contribution in [-0.2, 0) is 6.54 Å². The quantitative estimate of drug-likeness (QED) is 0.429. The van der Waals surface area contributed by atoms with Crippen molar-refractivity contribution in [3.8, 4) is 0 Å². The zero-order chi connectivity index (χ0) is 21.8. The van der Waals surface area contributed by atoms with Crippen molar-refractivity contribution in [2.75, 3.05) is 4.90 Å². The summed E-state index contributed by atoms with van der Waals surface area (Å²) >= 11 is 0. The maximum Gasteiger partial charge on any atom is 0.277 e. The van der Waals surface area contributed by atoms with Crippen LogP contribution in [0.15, 0.2) is 66.7 Å². The molecule has 3 rings (SSSR count). The molecule has 0 atom stereocenters. The highest BCUT2D eigenvalue weighted by molar-refractivity contribution is 6.06. The number of rotatable bonds is 6. The molecule has 0 heterocycles. The molecule has 0 radical (unpaired) electrons. The first kappa shape index (κ1) is 20.6. The van der Waals surface area contributed by atoms with Crippen molar-refractivity contribution in [1.82, 2.24) is 0 Å². The molecule has 8 nitrogen and oxygen atoms in total. The summed E-state index contributed by atoms with van der Waals surface area (Å²) in [6.45, 7) is 1.92. The number of benzene rings is 3. The minimum absolute atomic E-state index is 0.0403. The standard InChI is InChI=1S/C21H16FN3O5/c1-14-2-8-18(9-3-14)23(13-15-4-6-17(22)7-5-15)21(26)16-10-19(24(27)28)12-20(11-16)25(29)30/h2-12H,13H2,1H3. The Labute approximate surface area is 170 Å². The predicted molar refractivity (Wildman–Crippen MR) is 108 cm³/mol. The topological polar surface area (TPSA) is 107 Å². The van der Waals surface area contributed by atoms with E-state index >= 15 is 0 Å². The van der Waals surface area contributed by atoms with Crippen molar-refractivity contribution in [3.05, 3.63) is 109 Å². The lowest BCUT2D eigenvalue weighted by Gasteiger charge is -2.23. The maximum absolute atomic E-state index is 13.3. The molecule has 0 bridgehead atoms. The Kier molecular flexibility index (Phi) is 5.82. The molecule has 0 fully saturated rings. The average Bonchev–Trinajstić information content (AvgIpc) is 2.73. The molecule has 0 aliphatic heterocycles. The Morgan fingerprint density at radius 1 is 0.900 bits per heavy atom. The van der Waals surface area contributed by atoms with Gasteiger partial charge in [0.15, 0.2) is 0 Å². The number of halogens is 1. The van der Waals surface area contributed by atoms with Crippen molar-refractivity contribution in [1.29, 1.82) is 0 Å². The number of aryl methyl sites for hydroxylation is 1. The van der Waals surface area contributed by atoms with Crippen LogP contribution < -0.4 is 4.90 Å². The highest BCUT2D eigenvalue weighted by atomic mass is 19.1. The minimum Gasteiger partial charge on any atom is -0.304 e. The highest BCUT2D eigenvalue weighted by Gasteiger charge is 2.24. The molecule has 0 aromatic heterocycles. The lowest BCUT2D eigenvalue weighted by atomic mass is 10.1. The van der Waals surface area contributed by atoms with Crippen LogP contribution in [0.2, 0.25) is 0 Å². The van der Waals surface area contributed by atoms with Crippen molar-refractivity contribution < 1.29 is 19.0 Å². The van der Waals surface area contributed by atoms with Gasteiger partial charge in [-0.2, -0.15) is 0 Å². The van der Waals surface area contributed by atoms with E-state index in [-0.39, 0.29) is 12.1 Å². The van der Waals surface area contributed by atoms with Gasteiger partial charge >= 0.3 is 0 Å². The van der Waals surface area contributed by atoms with Crippen LogP contribution in [0.25, 0.3) is 0 Å². The second kappa shape index (κ2) is 8.48. The number of amides is 1. The van der Waals surface area contributed by atoms with Gasteiger partial charge in [-0.15, -0.1) is 0 Å². The monoisotopic (exact) mass is 409 g/mol. The van der Waals surface area contributed by atoms with Crippen LogP contribution in [0.1, 0.15) is 21.5 Å². The molecule has 0 aliphatic carbocycles. The Balaban J connectivity index is 2.07. The Hall–Kier alpha value is -4.14. The fourth-order valence-electron chi connectivity index (χ4n) is 2.86. The zero-order valence-electron chi connectivity index (χ0n) is 15.8. The largest absolute Gasteiger partial charge is 0.304 e. The van der Waals surface area contributed by atoms with E-state index in [1.54, 1.807) is 24.3 Å². The fraction of sp³-hybridized carbons (Fsp3) is 0.0952. The lowest BCUT2D eigenvalue weighted by molar-refractivity contribution is -0.394. The van der Waals surface area contributed by atoms with E-state index in [1.165, 1.54) is 29.2 Å². The maximum atomic E-state index is 13.3. The third kappa shape index (κ3) is 4.64. The van der Waals surface area contributed by atoms with E-state index < -0.39 is 32.9 Å². The summed E-state index contributed by atoms with van der Waals surface area (Å²) in [5.74, 6) is -1.09. The fourth-order valence-corrected chi connectivity index (χ4v) is 2.86. The van der Waals surface area contributed by atoms with Crippen LogP contribution in [0.4, 0.5) is 21.5 Å². The Bertz CT molecular complexity index is 1080. The van der Waals surface area contributed by atoms with E-state index in [1.807, 2.05) is 6.92 Å². The van der Waals surface area contributed by atoms with Gasteiger partial charge in [0.2, 0.25) is 0 Å². The lowest BCUT2D eigenvalue weighted by Crippen LogP contribution is -2.30. The molecule has 0 aliphatic rings. The van der Waals surface area contributed by atoms with Gasteiger partial charge in [-0.25, -0.2) is 4.39 Å². The summed E-state index contributed by atoms with van der Waals surface area (Å²) in [5, 5.41) is 22.3. The van der Waals surface area contributed by atoms with E-state index in [2.05, 4.69) is 0 Å². The van der Waals surface area contributed by atoms with E-state index in [9.17, 15) is 29.4 Å². The first-order valence-electron chi connectivity index (χ1n) is 8.81. The summed E-state index contributed by atoms with van der Waals surface area (Å²) in [5.41, 5.74) is 0.753. The summed E-state index contributed by atoms with van der Waals surface area (Å²) in [7, 11) is 0. The number of nitrogens with zero attached hydrogens (tertiary/aromatic N) is 3. The van der Waals surface area contributed by atoms with Crippen molar-refractivity contribution in [3.63, 3.8) is 0 Å². The van der Waals surface area contributed by atoms with Crippen molar-refractivity contribution >= 4 is 23.0 Å². The number of carbonyl (C=O) groups excluding carboxylic acids is 1. The molecule has 3 aromatic rings. The molecular formula is C21H16FN3O5. The zero-order valence-corrected chi connectivity index (χ0v) is 15.8. The molecule has 0 spiro atoms. The molecule has 0 unspecified atom stereocenters. The molecule has 9 heteroatoms. The number of carbonyl (C=O) groups is 1. The smallest absolute Gasteiger partial charge is 0.277 e. The van der Waals surface area contributed by atoms with Gasteiger partial charge in [-0.3, -0.25) is 25.0 Å². The molecule has 0 saturated heterocycles. The van der Waals surface area contributed by atoms with Crippen molar-refractivity contribution in [2.24, 2.45) is 0 Å². The number of nitro benzene ring substituents is 2. The first-order chi connectivity index (χ1) is 14.2. The minimum atomic E-state index is -0.792. The van der Waals surface area contributed by atoms with Gasteiger partial charge in [0.25, 0.3) is 17.3 Å². The van der Waals surface area contributed by atoms with Crippen LogP contribution in [0.3, 0.4) is 0 Å². The van der Waals surface area contributed by atoms with Gasteiger partial charge in [0, 0.05) is 17.8 Å². The molecule has 0 N–H and O–H groups in total. The predicted octanol–water partition coefficient (Wildman–Crippen LogP) is 4.80. The Morgan fingerprint density at radius 2 is 1.43 bits per heavy atom. The normalized spacial score (nSPS) is 10.5. The molecule has 30 heavy (non-hydrogen) atoms. The van der Waals surface area contributed by atoms with Gasteiger partial charge in [-0.1, -0.05) is 29.8 Å². The van der Waals surface area contributed by atoms with Crippen LogP contribution in [-0.4, -0.2) is 15.8 Å². The number of non-ortho nitro benzene ring substituents is 2. The summed E-state index contributed by atoms with van der Waals surface area (Å²) < 4.78 is 13.2. The van der Waals surface area contributed by atoms with E-state index in [0.717, 1.165) is 23.8 Å². The van der Waals surface area contributed by atoms with Gasteiger partial charge in [0.1, 0.15) is 5.82 Å². The second-order valence-electron chi connectivity index (χ2n) is 6.61. The second-order valence-corrected chi connectivity index (χ2v) is 6.61. The number of nitro groups is 2. The van der Waals surface area contributed by atoms with Crippen LogP contribution in [0, 0.1) is 33.0 Å². The Morgan fingerprint density at radius 3 is 1.93 bits per heavy atom. The summed E-state index contributed by atoms with van der Waals surface area (Å²) in [6, 6.07) is 15.3. The summed E-state index contributed by atoms with van der Waals surface area (Å²) in [4.78, 5) is 35.3. The van der Waals surface area contributed by atoms with Crippen LogP contribution >= 0.6 is 0 Å². The third-order valence-corrected chi connectivity index (χ3v) is 4.42. The number of anilines is 1. The van der Waals surface area contributed by atoms with Gasteiger partial charge in [-0.05, 0) is 36.8 Å². The third-order valence-electron chi connectivity index (χ3n) is 4.42. The SMILES string of the molecule is Cc1ccc(N(Cc2ccc(F)cc2)C(=O)c2cc([N+](=O)[O-])cc([N+](=O)[O-])c2)cc1. The highest BCUT2D eigenvalue weighted by Crippen LogP contribution is 2.26. The molecular weight excluding hydrogens is 393 g/mol. The molecule has 3 aromatic carbocycles. The van der Waals surface area contributed by atoms with E-state index in [4.69, 9.17) is 0 Å². The van der Waals surface area contributed by atoms with E-state index in [0.29, 0.717) is 11.3 Å². The molecule has 152 valence electrons. The molecule has 1 amide bonds. The number of hydrogen-bond acceptors (Lipinski definition) is 5. The van der Waals surface area contributed by atoms with Gasteiger partial charge in [0.05, 0.1) is 28.0 Å².